The Kier molecular flexibility index (Phi) is 26.0. The van der Waals surface area contributed by atoms with Gasteiger partial charge >= 0.3 is 0 Å². The minimum atomic E-state index is -1.17. The molecule has 9 aromatic heterocycles. The van der Waals surface area contributed by atoms with Gasteiger partial charge in [0.05, 0.1) is 54.4 Å². The van der Waals surface area contributed by atoms with E-state index in [4.69, 9.17) is 38.6 Å². The summed E-state index contributed by atoms with van der Waals surface area (Å²) in [6.07, 6.45) is 9.39. The molecule has 3 aliphatic rings. The van der Waals surface area contributed by atoms with Crippen LogP contribution >= 0.6 is 49.9 Å². The number of halogens is 1. The summed E-state index contributed by atoms with van der Waals surface area (Å²) >= 11 is 8.31. The number of pyridine rings is 6. The molecular formula is C64H90BrN17O5S3Si2. The first kappa shape index (κ1) is 70.4. The van der Waals surface area contributed by atoms with Crippen LogP contribution in [0.1, 0.15) is 93.6 Å². The van der Waals surface area contributed by atoms with Crippen molar-refractivity contribution in [3.63, 3.8) is 0 Å². The molecule has 0 bridgehead atoms. The quantitative estimate of drug-likeness (QED) is 0.0401. The summed E-state index contributed by atoms with van der Waals surface area (Å²) < 4.78 is 29.1. The second-order valence-electron chi connectivity index (χ2n) is 25.9. The Morgan fingerprint density at radius 1 is 0.500 bits per heavy atom. The summed E-state index contributed by atoms with van der Waals surface area (Å²) in [4.78, 5) is 36.7. The molecule has 3 saturated heterocycles. The number of ether oxygens (including phenoxy) is 5. The van der Waals surface area contributed by atoms with Gasteiger partial charge in [-0.05, 0) is 102 Å². The van der Waals surface area contributed by atoms with E-state index in [0.717, 1.165) is 188 Å². The second kappa shape index (κ2) is 34.0. The number of fused-ring (bicyclic) bond motifs is 3. The first-order chi connectivity index (χ1) is 44.3. The van der Waals surface area contributed by atoms with Gasteiger partial charge in [-0.3, -0.25) is 24.8 Å². The van der Waals surface area contributed by atoms with Crippen LogP contribution in [-0.2, 0) is 23.7 Å². The summed E-state index contributed by atoms with van der Waals surface area (Å²) in [6, 6.07) is 20.1. The number of hydrogen-bond donors (Lipinski definition) is 1. The maximum atomic E-state index is 6.13. The van der Waals surface area contributed by atoms with Crippen LogP contribution in [0.4, 0.5) is 44.2 Å². The molecule has 12 heterocycles. The summed E-state index contributed by atoms with van der Waals surface area (Å²) in [6.45, 7) is 37.5. The van der Waals surface area contributed by atoms with Gasteiger partial charge in [0.1, 0.15) is 62.5 Å². The van der Waals surface area contributed by atoms with Crippen LogP contribution in [0.15, 0.2) is 77.7 Å². The summed E-state index contributed by atoms with van der Waals surface area (Å²) in [5.41, 5.74) is 7.39. The fourth-order valence-electron chi connectivity index (χ4n) is 9.45. The second-order valence-corrected chi connectivity index (χ2v) is 41.0. The Morgan fingerprint density at radius 3 is 1.36 bits per heavy atom. The molecule has 3 fully saturated rings. The van der Waals surface area contributed by atoms with Crippen molar-refractivity contribution in [3.05, 3.63) is 92.7 Å². The molecule has 1 N–H and O–H groups in total. The number of rotatable bonds is 21. The highest BCUT2D eigenvalue weighted by Crippen LogP contribution is 2.36. The van der Waals surface area contributed by atoms with E-state index >= 15 is 0 Å². The molecular weight excluding hydrogens is 1320 g/mol. The minimum Gasteiger partial charge on any atom is -0.381 e. The lowest BCUT2D eigenvalue weighted by molar-refractivity contribution is 0.0968. The predicted molar refractivity (Wildman–Crippen MR) is 385 cm³/mol. The van der Waals surface area contributed by atoms with Crippen molar-refractivity contribution in [3.8, 4) is 0 Å². The van der Waals surface area contributed by atoms with E-state index in [-0.39, 0.29) is 0 Å². The molecule has 0 spiro atoms. The predicted octanol–water partition coefficient (Wildman–Crippen LogP) is 15.1. The SMILES string of the molecule is C1CCOCC1.CC(C)c1nnc(N(COCC[Si](C)(C)C)c2ccc3nccc(Br)c3n2)s1.CC(C)c1nnc(N(COCC[Si](C)(C)C)c2ccc3nccc(N4CCOCC4)c3n2)s1.CC(C)c1nnc(Nc2ccc3nccc(N4CCOCC4)c3n2)s1. The highest BCUT2D eigenvalue weighted by Gasteiger charge is 2.24. The zero-order chi connectivity index (χ0) is 65.2. The number of nitrogens with zero attached hydrogens (tertiary/aromatic N) is 16. The van der Waals surface area contributed by atoms with Gasteiger partial charge in [0.15, 0.2) is 0 Å². The smallest absolute Gasteiger partial charge is 0.215 e. The lowest BCUT2D eigenvalue weighted by Gasteiger charge is -2.29. The lowest BCUT2D eigenvalue weighted by Crippen LogP contribution is -2.36. The molecule has 0 saturated carbocycles. The van der Waals surface area contributed by atoms with E-state index in [2.05, 4.69) is 157 Å². The number of morpholine rings is 2. The Hall–Kier alpha value is -5.93. The van der Waals surface area contributed by atoms with Gasteiger partial charge in [-0.2, -0.15) is 0 Å². The molecule has 28 heteroatoms. The van der Waals surface area contributed by atoms with Crippen molar-refractivity contribution in [1.82, 2.24) is 60.5 Å². The molecule has 9 aromatic rings. The first-order valence-electron chi connectivity index (χ1n) is 31.9. The minimum absolute atomic E-state index is 0.326. The van der Waals surface area contributed by atoms with E-state index in [1.54, 1.807) is 40.2 Å². The van der Waals surface area contributed by atoms with Gasteiger partial charge < -0.3 is 38.8 Å². The van der Waals surface area contributed by atoms with Crippen molar-refractivity contribution in [2.24, 2.45) is 0 Å². The molecule has 12 rings (SSSR count). The normalized spacial score (nSPS) is 14.7. The highest BCUT2D eigenvalue weighted by molar-refractivity contribution is 9.10. The molecule has 3 aliphatic heterocycles. The van der Waals surface area contributed by atoms with Crippen molar-refractivity contribution in [2.75, 3.05) is 117 Å². The Morgan fingerprint density at radius 2 is 0.924 bits per heavy atom. The molecule has 0 aliphatic carbocycles. The van der Waals surface area contributed by atoms with Crippen molar-refractivity contribution in [2.45, 2.75) is 130 Å². The summed E-state index contributed by atoms with van der Waals surface area (Å²) in [5, 5.41) is 34.7. The first-order valence-corrected chi connectivity index (χ1v) is 42.6. The molecule has 0 atom stereocenters. The molecule has 494 valence electrons. The third-order valence-electron chi connectivity index (χ3n) is 14.9. The standard InChI is InChI=1S/C23H34N6O2SSi.C19H26BrN5OSSi.C17H20N6OS.C5H10O/c1-17(2)22-26-27-23(32-22)29(16-31-14-15-33(3,4)5)20-7-6-18-21(25-20)19(8-9-24-18)28-10-12-30-13-11-28;1-13(2)18-23-24-19(27-18)25(12-26-10-11-28(3,4)5)16-7-6-15-17(22-16)14(20)8-9-21-15;1-11(2)16-21-22-17(25-16)20-14-4-3-12-15(19-14)13(5-6-18-12)23-7-9-24-10-8-23;1-2-4-6-5-3-1/h6-9,17H,10-16H2,1-5H3;6-9,13H,10-12H2,1-5H3;3-6,11H,7-10H2,1-2H3,(H,19,20,22);1-5H2. The van der Waals surface area contributed by atoms with Gasteiger partial charge in [0.2, 0.25) is 15.4 Å². The Bertz CT molecular complexity index is 3730. The molecule has 0 aromatic carbocycles. The highest BCUT2D eigenvalue weighted by atomic mass is 79.9. The van der Waals surface area contributed by atoms with Crippen LogP contribution in [-0.4, -0.2) is 169 Å². The fourth-order valence-corrected chi connectivity index (χ4v) is 13.8. The molecule has 92 heavy (non-hydrogen) atoms. The zero-order valence-electron chi connectivity index (χ0n) is 55.4. The number of aromatic nitrogens is 12. The number of anilines is 8. The van der Waals surface area contributed by atoms with Crippen LogP contribution in [0, 0.1) is 0 Å². The van der Waals surface area contributed by atoms with Gasteiger partial charge in [0, 0.05) is 110 Å². The topological polar surface area (TPSA) is 226 Å². The summed E-state index contributed by atoms with van der Waals surface area (Å²) in [7, 11) is -2.31. The maximum absolute atomic E-state index is 6.13. The third-order valence-corrected chi connectivity index (χ3v) is 22.6. The molecule has 0 unspecified atom stereocenters. The Labute approximate surface area is 563 Å². The molecule has 0 amide bonds. The monoisotopic (exact) mass is 1410 g/mol. The zero-order valence-corrected chi connectivity index (χ0v) is 61.4. The number of nitrogens with one attached hydrogen (secondary N) is 1. The van der Waals surface area contributed by atoms with Crippen LogP contribution < -0.4 is 24.9 Å². The van der Waals surface area contributed by atoms with Gasteiger partial charge in [-0.1, -0.05) is 115 Å². The van der Waals surface area contributed by atoms with Crippen molar-refractivity contribution >= 4 is 143 Å². The van der Waals surface area contributed by atoms with Crippen LogP contribution in [0.3, 0.4) is 0 Å². The van der Waals surface area contributed by atoms with Crippen LogP contribution in [0.5, 0.6) is 0 Å². The van der Waals surface area contributed by atoms with Crippen LogP contribution in [0.25, 0.3) is 33.1 Å². The van der Waals surface area contributed by atoms with E-state index in [9.17, 15) is 0 Å². The van der Waals surface area contributed by atoms with Gasteiger partial charge in [0.25, 0.3) is 0 Å². The van der Waals surface area contributed by atoms with Crippen LogP contribution in [0.2, 0.25) is 51.4 Å². The van der Waals surface area contributed by atoms with E-state index in [1.807, 2.05) is 76.8 Å². The Balaban J connectivity index is 0.000000157. The van der Waals surface area contributed by atoms with Gasteiger partial charge in [-0.15, -0.1) is 30.6 Å². The average Bonchev–Trinajstić information content (AvgIpc) is 1.01. The van der Waals surface area contributed by atoms with Crippen molar-refractivity contribution in [1.29, 1.82) is 0 Å². The largest absolute Gasteiger partial charge is 0.381 e. The van der Waals surface area contributed by atoms with E-state index in [0.29, 0.717) is 31.2 Å². The van der Waals surface area contributed by atoms with E-state index < -0.39 is 16.1 Å². The average molecular weight is 1410 g/mol. The lowest BCUT2D eigenvalue weighted by atomic mass is 10.2. The molecule has 0 radical (unpaired) electrons. The maximum Gasteiger partial charge on any atom is 0.215 e. The summed E-state index contributed by atoms with van der Waals surface area (Å²) in [5.74, 6) is 3.36. The van der Waals surface area contributed by atoms with Crippen molar-refractivity contribution < 1.29 is 23.7 Å². The molecule has 22 nitrogen and oxygen atoms in total. The fraction of sp³-hybridized carbons (Fsp3) is 0.531. The number of hydrogen-bond acceptors (Lipinski definition) is 25. The third kappa shape index (κ3) is 20.5. The van der Waals surface area contributed by atoms with Gasteiger partial charge in [-0.25, -0.2) is 15.0 Å². The van der Waals surface area contributed by atoms with E-state index in [1.165, 1.54) is 19.3 Å².